The predicted molar refractivity (Wildman–Crippen MR) is 75.8 cm³/mol. The molecule has 0 atom stereocenters. The second-order valence-corrected chi connectivity index (χ2v) is 4.52. The van der Waals surface area contributed by atoms with Crippen LogP contribution in [-0.4, -0.2) is 0 Å². The van der Waals surface area contributed by atoms with E-state index in [2.05, 4.69) is 0 Å². The van der Waals surface area contributed by atoms with Crippen LogP contribution < -0.4 is 11.4 Å². The van der Waals surface area contributed by atoms with Crippen molar-refractivity contribution in [2.24, 2.45) is 5.73 Å². The molecule has 3 rings (SSSR count). The Bertz CT molecular complexity index is 822. The molecule has 0 aliphatic carbocycles. The Balaban J connectivity index is 2.29. The van der Waals surface area contributed by atoms with Crippen LogP contribution in [0.15, 0.2) is 57.7 Å². The summed E-state index contributed by atoms with van der Waals surface area (Å²) >= 11 is 0. The Morgan fingerprint density at radius 3 is 2.50 bits per heavy atom. The first-order chi connectivity index (χ1) is 9.67. The van der Waals surface area contributed by atoms with Crippen molar-refractivity contribution in [3.8, 4) is 11.1 Å². The minimum atomic E-state index is -0.439. The molecule has 0 radical (unpaired) electrons. The van der Waals surface area contributed by atoms with E-state index in [4.69, 9.17) is 10.2 Å². The molecule has 0 saturated carbocycles. The maximum absolute atomic E-state index is 13.0. The van der Waals surface area contributed by atoms with E-state index < -0.39 is 5.63 Å². The summed E-state index contributed by atoms with van der Waals surface area (Å²) in [5.74, 6) is -0.313. The number of fused-ring (bicyclic) bond motifs is 1. The van der Waals surface area contributed by atoms with E-state index in [-0.39, 0.29) is 5.82 Å². The highest BCUT2D eigenvalue weighted by Gasteiger charge is 2.08. The monoisotopic (exact) mass is 269 g/mol. The van der Waals surface area contributed by atoms with Crippen LogP contribution in [0.5, 0.6) is 0 Å². The first-order valence-corrected chi connectivity index (χ1v) is 6.20. The van der Waals surface area contributed by atoms with Gasteiger partial charge in [0, 0.05) is 18.0 Å². The SMILES string of the molecule is NCc1ccc2c(-c3ccc(F)cc3)cc(=O)oc2c1. The van der Waals surface area contributed by atoms with Crippen LogP contribution >= 0.6 is 0 Å². The molecule has 0 amide bonds. The fourth-order valence-electron chi connectivity index (χ4n) is 2.20. The number of halogens is 1. The van der Waals surface area contributed by atoms with Gasteiger partial charge in [-0.05, 0) is 34.9 Å². The summed E-state index contributed by atoms with van der Waals surface area (Å²) in [5, 5.41) is 0.799. The summed E-state index contributed by atoms with van der Waals surface area (Å²) in [6.45, 7) is 0.375. The first kappa shape index (κ1) is 12.6. The molecule has 100 valence electrons. The number of benzene rings is 2. The van der Waals surface area contributed by atoms with Crippen LogP contribution in [0.25, 0.3) is 22.1 Å². The zero-order chi connectivity index (χ0) is 14.1. The van der Waals surface area contributed by atoms with Gasteiger partial charge in [-0.15, -0.1) is 0 Å². The van der Waals surface area contributed by atoms with Crippen LogP contribution in [0.3, 0.4) is 0 Å². The topological polar surface area (TPSA) is 56.2 Å². The van der Waals surface area contributed by atoms with Gasteiger partial charge in [0.1, 0.15) is 11.4 Å². The molecule has 0 saturated heterocycles. The lowest BCUT2D eigenvalue weighted by Crippen LogP contribution is -2.00. The number of hydrogen-bond donors (Lipinski definition) is 1. The third kappa shape index (κ3) is 2.21. The van der Waals surface area contributed by atoms with E-state index >= 15 is 0 Å². The highest BCUT2D eigenvalue weighted by molar-refractivity contribution is 5.93. The van der Waals surface area contributed by atoms with Gasteiger partial charge in [-0.1, -0.05) is 24.3 Å². The van der Waals surface area contributed by atoms with Crippen LogP contribution in [0.1, 0.15) is 5.56 Å². The van der Waals surface area contributed by atoms with E-state index in [0.29, 0.717) is 12.1 Å². The summed E-state index contributed by atoms with van der Waals surface area (Å²) in [6.07, 6.45) is 0. The molecule has 0 fully saturated rings. The second kappa shape index (κ2) is 4.90. The van der Waals surface area contributed by atoms with E-state index in [0.717, 1.165) is 22.1 Å². The summed E-state index contributed by atoms with van der Waals surface area (Å²) in [4.78, 5) is 11.7. The van der Waals surface area contributed by atoms with Gasteiger partial charge in [-0.3, -0.25) is 0 Å². The molecule has 20 heavy (non-hydrogen) atoms. The molecule has 3 aromatic rings. The third-order valence-corrected chi connectivity index (χ3v) is 3.20. The summed E-state index contributed by atoms with van der Waals surface area (Å²) in [5.41, 5.74) is 8.01. The van der Waals surface area contributed by atoms with Crippen LogP contribution in [0.4, 0.5) is 4.39 Å². The van der Waals surface area contributed by atoms with Crippen LogP contribution in [0.2, 0.25) is 0 Å². The minimum absolute atomic E-state index is 0.313. The van der Waals surface area contributed by atoms with Crippen molar-refractivity contribution < 1.29 is 8.81 Å². The average Bonchev–Trinajstić information content (AvgIpc) is 2.46. The molecule has 0 spiro atoms. The van der Waals surface area contributed by atoms with Crippen molar-refractivity contribution in [3.63, 3.8) is 0 Å². The Kier molecular flexibility index (Phi) is 3.08. The molecule has 0 aliphatic rings. The smallest absolute Gasteiger partial charge is 0.336 e. The number of rotatable bonds is 2. The molecule has 0 aliphatic heterocycles. The maximum Gasteiger partial charge on any atom is 0.336 e. The molecule has 0 unspecified atom stereocenters. The molecule has 0 bridgehead atoms. The van der Waals surface area contributed by atoms with Crippen LogP contribution in [-0.2, 0) is 6.54 Å². The molecule has 4 heteroatoms. The summed E-state index contributed by atoms with van der Waals surface area (Å²) < 4.78 is 18.2. The first-order valence-electron chi connectivity index (χ1n) is 6.20. The molecule has 2 N–H and O–H groups in total. The van der Waals surface area contributed by atoms with E-state index in [1.54, 1.807) is 18.2 Å². The fraction of sp³-hybridized carbons (Fsp3) is 0.0625. The number of hydrogen-bond acceptors (Lipinski definition) is 3. The predicted octanol–water partition coefficient (Wildman–Crippen LogP) is 3.06. The Labute approximate surface area is 114 Å². The average molecular weight is 269 g/mol. The van der Waals surface area contributed by atoms with Gasteiger partial charge >= 0.3 is 5.63 Å². The normalized spacial score (nSPS) is 10.9. The minimum Gasteiger partial charge on any atom is -0.423 e. The van der Waals surface area contributed by atoms with Gasteiger partial charge in [0.2, 0.25) is 0 Å². The van der Waals surface area contributed by atoms with Crippen molar-refractivity contribution in [1.29, 1.82) is 0 Å². The van der Waals surface area contributed by atoms with E-state index in [1.807, 2.05) is 12.1 Å². The summed E-state index contributed by atoms with van der Waals surface area (Å²) in [7, 11) is 0. The molecule has 1 aromatic heterocycles. The van der Waals surface area contributed by atoms with Gasteiger partial charge in [-0.2, -0.15) is 0 Å². The number of nitrogens with two attached hydrogens (primary N) is 1. The molecule has 3 nitrogen and oxygen atoms in total. The second-order valence-electron chi connectivity index (χ2n) is 4.52. The molecule has 2 aromatic carbocycles. The fourth-order valence-corrected chi connectivity index (χ4v) is 2.20. The summed E-state index contributed by atoms with van der Waals surface area (Å²) in [6, 6.07) is 12.9. The van der Waals surface area contributed by atoms with Gasteiger partial charge in [0.15, 0.2) is 0 Å². The van der Waals surface area contributed by atoms with E-state index in [1.165, 1.54) is 18.2 Å². The molecule has 1 heterocycles. The van der Waals surface area contributed by atoms with Gasteiger partial charge < -0.3 is 10.2 Å². The van der Waals surface area contributed by atoms with Crippen LogP contribution in [0, 0.1) is 5.82 Å². The maximum atomic E-state index is 13.0. The third-order valence-electron chi connectivity index (χ3n) is 3.20. The highest BCUT2D eigenvalue weighted by atomic mass is 19.1. The Morgan fingerprint density at radius 2 is 1.80 bits per heavy atom. The lowest BCUT2D eigenvalue weighted by molar-refractivity contribution is 0.561. The van der Waals surface area contributed by atoms with Crippen molar-refractivity contribution in [3.05, 3.63) is 70.3 Å². The largest absolute Gasteiger partial charge is 0.423 e. The Morgan fingerprint density at radius 1 is 1.05 bits per heavy atom. The van der Waals surface area contributed by atoms with Gasteiger partial charge in [-0.25, -0.2) is 9.18 Å². The zero-order valence-corrected chi connectivity index (χ0v) is 10.6. The van der Waals surface area contributed by atoms with Gasteiger partial charge in [0.05, 0.1) is 0 Å². The van der Waals surface area contributed by atoms with Gasteiger partial charge in [0.25, 0.3) is 0 Å². The zero-order valence-electron chi connectivity index (χ0n) is 10.6. The Hall–Kier alpha value is -2.46. The lowest BCUT2D eigenvalue weighted by Gasteiger charge is -2.06. The van der Waals surface area contributed by atoms with Crippen molar-refractivity contribution in [1.82, 2.24) is 0 Å². The van der Waals surface area contributed by atoms with E-state index in [9.17, 15) is 9.18 Å². The molecular weight excluding hydrogens is 257 g/mol. The van der Waals surface area contributed by atoms with Crippen molar-refractivity contribution in [2.75, 3.05) is 0 Å². The highest BCUT2D eigenvalue weighted by Crippen LogP contribution is 2.27. The standard InChI is InChI=1S/C16H12FNO2/c17-12-4-2-11(3-5-12)14-8-16(19)20-15-7-10(9-18)1-6-13(14)15/h1-8H,9,18H2. The van der Waals surface area contributed by atoms with Crippen molar-refractivity contribution >= 4 is 11.0 Å². The molecular formula is C16H12FNO2. The van der Waals surface area contributed by atoms with Crippen molar-refractivity contribution in [2.45, 2.75) is 6.54 Å². The quantitative estimate of drug-likeness (QED) is 0.727. The lowest BCUT2D eigenvalue weighted by atomic mass is 10.0.